The number of rotatable bonds is 6. The lowest BCUT2D eigenvalue weighted by atomic mass is 10.2. The molecule has 102 valence electrons. The molecule has 0 aliphatic heterocycles. The first-order valence-corrected chi connectivity index (χ1v) is 7.36. The van der Waals surface area contributed by atoms with E-state index in [1.807, 2.05) is 24.3 Å². The third kappa shape index (κ3) is 3.56. The van der Waals surface area contributed by atoms with Crippen molar-refractivity contribution in [1.82, 2.24) is 10.2 Å². The van der Waals surface area contributed by atoms with Gasteiger partial charge in [0.15, 0.2) is 0 Å². The lowest BCUT2D eigenvalue weighted by Gasteiger charge is -2.04. The summed E-state index contributed by atoms with van der Waals surface area (Å²) in [5, 5.41) is 8.13. The van der Waals surface area contributed by atoms with Crippen LogP contribution in [0.4, 0.5) is 0 Å². The first-order valence-electron chi connectivity index (χ1n) is 6.45. The summed E-state index contributed by atoms with van der Waals surface area (Å²) >= 11 is 3.50. The normalized spacial score (nSPS) is 12.4. The van der Waals surface area contributed by atoms with Crippen molar-refractivity contribution in [3.05, 3.63) is 30.2 Å². The molecule has 0 aliphatic carbocycles. The van der Waals surface area contributed by atoms with Gasteiger partial charge in [-0.3, -0.25) is 0 Å². The van der Waals surface area contributed by atoms with Crippen molar-refractivity contribution in [2.75, 3.05) is 6.61 Å². The van der Waals surface area contributed by atoms with Crippen molar-refractivity contribution in [2.24, 2.45) is 0 Å². The minimum absolute atomic E-state index is 0.105. The van der Waals surface area contributed by atoms with Crippen LogP contribution in [0.15, 0.2) is 28.7 Å². The number of alkyl halides is 1. The smallest absolute Gasteiger partial charge is 0.247 e. The fraction of sp³-hybridized carbons (Fsp3) is 0.429. The van der Waals surface area contributed by atoms with Gasteiger partial charge in [-0.2, -0.15) is 0 Å². The summed E-state index contributed by atoms with van der Waals surface area (Å²) < 4.78 is 11.3. The molecule has 0 saturated heterocycles. The van der Waals surface area contributed by atoms with Crippen molar-refractivity contribution < 1.29 is 9.15 Å². The monoisotopic (exact) mass is 324 g/mol. The average Bonchev–Trinajstić information content (AvgIpc) is 2.94. The van der Waals surface area contributed by atoms with Crippen LogP contribution in [0, 0.1) is 0 Å². The number of ether oxygens (including phenoxy) is 1. The Morgan fingerprint density at radius 1 is 1.32 bits per heavy atom. The number of nitrogens with zero attached hydrogens (tertiary/aromatic N) is 2. The molecule has 2 rings (SSSR count). The molecular formula is C14H17BrN2O2. The van der Waals surface area contributed by atoms with Gasteiger partial charge in [0.05, 0.1) is 11.4 Å². The van der Waals surface area contributed by atoms with Crippen molar-refractivity contribution in [3.8, 4) is 17.2 Å². The Bertz CT molecular complexity index is 528. The van der Waals surface area contributed by atoms with E-state index in [0.29, 0.717) is 18.4 Å². The fourth-order valence-corrected chi connectivity index (χ4v) is 1.78. The molecule has 0 saturated carbocycles. The molecule has 0 amide bonds. The predicted octanol–water partition coefficient (Wildman–Crippen LogP) is 4.37. The summed E-state index contributed by atoms with van der Waals surface area (Å²) in [7, 11) is 0. The Morgan fingerprint density at radius 3 is 2.89 bits per heavy atom. The van der Waals surface area contributed by atoms with E-state index < -0.39 is 0 Å². The largest absolute Gasteiger partial charge is 0.494 e. The average molecular weight is 325 g/mol. The molecule has 0 fully saturated rings. The van der Waals surface area contributed by atoms with E-state index in [-0.39, 0.29) is 4.83 Å². The van der Waals surface area contributed by atoms with Crippen LogP contribution in [0.2, 0.25) is 0 Å². The zero-order valence-corrected chi connectivity index (χ0v) is 12.7. The molecule has 1 unspecified atom stereocenters. The molecule has 2 aromatic rings. The van der Waals surface area contributed by atoms with Crippen LogP contribution < -0.4 is 4.74 Å². The quantitative estimate of drug-likeness (QED) is 0.740. The maximum Gasteiger partial charge on any atom is 0.247 e. The van der Waals surface area contributed by atoms with Gasteiger partial charge in [0.2, 0.25) is 11.8 Å². The van der Waals surface area contributed by atoms with Gasteiger partial charge in [0.25, 0.3) is 0 Å². The molecule has 19 heavy (non-hydrogen) atoms. The van der Waals surface area contributed by atoms with E-state index in [1.54, 1.807) is 0 Å². The topological polar surface area (TPSA) is 48.2 Å². The Labute approximate surface area is 121 Å². The maximum atomic E-state index is 5.66. The highest BCUT2D eigenvalue weighted by Crippen LogP contribution is 2.28. The number of halogens is 1. The molecule has 5 heteroatoms. The third-order valence-corrected chi connectivity index (χ3v) is 3.66. The highest BCUT2D eigenvalue weighted by atomic mass is 79.9. The zero-order valence-electron chi connectivity index (χ0n) is 11.1. The summed E-state index contributed by atoms with van der Waals surface area (Å²) in [5.74, 6) is 1.96. The van der Waals surface area contributed by atoms with Crippen molar-refractivity contribution >= 4 is 15.9 Å². The Kier molecular flexibility index (Phi) is 4.96. The minimum Gasteiger partial charge on any atom is -0.494 e. The molecule has 1 heterocycles. The molecule has 1 aromatic heterocycles. The molecule has 1 aromatic carbocycles. The van der Waals surface area contributed by atoms with Crippen molar-refractivity contribution in [1.29, 1.82) is 0 Å². The number of benzene rings is 1. The van der Waals surface area contributed by atoms with Crippen LogP contribution in [0.5, 0.6) is 5.75 Å². The van der Waals surface area contributed by atoms with Crippen LogP contribution in [0.25, 0.3) is 11.5 Å². The second-order valence-corrected chi connectivity index (χ2v) is 5.30. The van der Waals surface area contributed by atoms with Gasteiger partial charge in [-0.1, -0.05) is 35.8 Å². The van der Waals surface area contributed by atoms with Gasteiger partial charge < -0.3 is 9.15 Å². The highest BCUT2D eigenvalue weighted by Gasteiger charge is 2.14. The van der Waals surface area contributed by atoms with E-state index in [2.05, 4.69) is 40.0 Å². The molecular weight excluding hydrogens is 308 g/mol. The van der Waals surface area contributed by atoms with E-state index >= 15 is 0 Å². The van der Waals surface area contributed by atoms with Gasteiger partial charge in [-0.15, -0.1) is 10.2 Å². The number of hydrogen-bond donors (Lipinski definition) is 0. The fourth-order valence-electron chi connectivity index (χ4n) is 1.59. The first kappa shape index (κ1) is 14.1. The molecule has 0 radical (unpaired) electrons. The van der Waals surface area contributed by atoms with Crippen LogP contribution >= 0.6 is 15.9 Å². The molecule has 1 atom stereocenters. The van der Waals surface area contributed by atoms with Gasteiger partial charge in [-0.05, 0) is 31.0 Å². The van der Waals surface area contributed by atoms with Crippen LogP contribution in [0.3, 0.4) is 0 Å². The van der Waals surface area contributed by atoms with Gasteiger partial charge in [0.1, 0.15) is 5.75 Å². The number of hydrogen-bond acceptors (Lipinski definition) is 4. The summed E-state index contributed by atoms with van der Waals surface area (Å²) in [5.41, 5.74) is 0.878. The van der Waals surface area contributed by atoms with Gasteiger partial charge >= 0.3 is 0 Å². The second-order valence-electron chi connectivity index (χ2n) is 4.20. The summed E-state index contributed by atoms with van der Waals surface area (Å²) in [6, 6.07) is 7.71. The number of aromatic nitrogens is 2. The van der Waals surface area contributed by atoms with Gasteiger partial charge in [0, 0.05) is 5.56 Å². The minimum atomic E-state index is 0.105. The molecule has 0 aliphatic rings. The SMILES string of the molecule is CCCOc1cccc(-c2nnc(C(Br)CC)o2)c1. The first-order chi connectivity index (χ1) is 9.24. The van der Waals surface area contributed by atoms with E-state index in [9.17, 15) is 0 Å². The highest BCUT2D eigenvalue weighted by molar-refractivity contribution is 9.09. The Balaban J connectivity index is 2.19. The van der Waals surface area contributed by atoms with Gasteiger partial charge in [-0.25, -0.2) is 0 Å². The van der Waals surface area contributed by atoms with Crippen molar-refractivity contribution in [2.45, 2.75) is 31.5 Å². The van der Waals surface area contributed by atoms with E-state index in [4.69, 9.17) is 9.15 Å². The molecule has 0 bridgehead atoms. The van der Waals surface area contributed by atoms with Crippen molar-refractivity contribution in [3.63, 3.8) is 0 Å². The van der Waals surface area contributed by atoms with Crippen LogP contribution in [-0.4, -0.2) is 16.8 Å². The molecule has 4 nitrogen and oxygen atoms in total. The molecule has 0 N–H and O–H groups in total. The lowest BCUT2D eigenvalue weighted by molar-refractivity contribution is 0.317. The van der Waals surface area contributed by atoms with Crippen LogP contribution in [0.1, 0.15) is 37.4 Å². The van der Waals surface area contributed by atoms with Crippen LogP contribution in [-0.2, 0) is 0 Å². The Morgan fingerprint density at radius 2 is 2.16 bits per heavy atom. The third-order valence-electron chi connectivity index (χ3n) is 2.62. The second kappa shape index (κ2) is 6.70. The Hall–Kier alpha value is -1.36. The lowest BCUT2D eigenvalue weighted by Crippen LogP contribution is -1.94. The summed E-state index contributed by atoms with van der Waals surface area (Å²) in [6.07, 6.45) is 1.89. The van der Waals surface area contributed by atoms with E-state index in [1.165, 1.54) is 0 Å². The molecule has 0 spiro atoms. The zero-order chi connectivity index (χ0) is 13.7. The summed E-state index contributed by atoms with van der Waals surface area (Å²) in [4.78, 5) is 0.105. The maximum absolute atomic E-state index is 5.66. The van der Waals surface area contributed by atoms with E-state index in [0.717, 1.165) is 24.2 Å². The standard InChI is InChI=1S/C14H17BrN2O2/c1-3-8-18-11-7-5-6-10(9-11)13-16-17-14(19-13)12(15)4-2/h5-7,9,12H,3-4,8H2,1-2H3. The predicted molar refractivity (Wildman–Crippen MR) is 77.5 cm³/mol. The summed E-state index contributed by atoms with van der Waals surface area (Å²) in [6.45, 7) is 4.84.